The highest BCUT2D eigenvalue weighted by molar-refractivity contribution is 5.18. The third kappa shape index (κ3) is 3.44. The Balaban J connectivity index is 2.47. The largest absolute Gasteiger partial charge is 0.395 e. The Labute approximate surface area is 83.8 Å². The molecular formula is C11H16FNO. The van der Waals surface area contributed by atoms with E-state index in [0.29, 0.717) is 18.5 Å². The molecule has 0 amide bonds. The zero-order chi connectivity index (χ0) is 10.4. The summed E-state index contributed by atoms with van der Waals surface area (Å²) in [5.41, 5.74) is 0.713. The van der Waals surface area contributed by atoms with Crippen LogP contribution >= 0.6 is 0 Å². The van der Waals surface area contributed by atoms with E-state index in [1.54, 1.807) is 12.1 Å². The van der Waals surface area contributed by atoms with Gasteiger partial charge in [0.1, 0.15) is 5.82 Å². The predicted molar refractivity (Wildman–Crippen MR) is 54.7 cm³/mol. The molecule has 0 aliphatic rings. The molecule has 0 spiro atoms. The van der Waals surface area contributed by atoms with Gasteiger partial charge in [-0.3, -0.25) is 0 Å². The van der Waals surface area contributed by atoms with E-state index in [1.807, 2.05) is 13.0 Å². The van der Waals surface area contributed by atoms with Crippen molar-refractivity contribution in [2.24, 2.45) is 0 Å². The molecule has 1 aromatic carbocycles. The van der Waals surface area contributed by atoms with Crippen LogP contribution in [0.25, 0.3) is 0 Å². The van der Waals surface area contributed by atoms with Gasteiger partial charge in [0.05, 0.1) is 6.61 Å². The monoisotopic (exact) mass is 197 g/mol. The third-order valence-electron chi connectivity index (χ3n) is 2.09. The van der Waals surface area contributed by atoms with Gasteiger partial charge >= 0.3 is 0 Å². The lowest BCUT2D eigenvalue weighted by molar-refractivity contribution is 0.285. The molecule has 0 radical (unpaired) electrons. The number of aliphatic hydroxyl groups is 1. The normalized spacial score (nSPS) is 12.8. The van der Waals surface area contributed by atoms with Crippen molar-refractivity contribution in [2.45, 2.75) is 19.4 Å². The summed E-state index contributed by atoms with van der Waals surface area (Å²) >= 11 is 0. The van der Waals surface area contributed by atoms with Crippen LogP contribution in [0, 0.1) is 5.82 Å². The zero-order valence-electron chi connectivity index (χ0n) is 8.33. The van der Waals surface area contributed by atoms with Crippen molar-refractivity contribution < 1.29 is 9.50 Å². The van der Waals surface area contributed by atoms with Crippen molar-refractivity contribution in [3.05, 3.63) is 35.6 Å². The third-order valence-corrected chi connectivity index (χ3v) is 2.09. The van der Waals surface area contributed by atoms with Gasteiger partial charge in [0, 0.05) is 12.6 Å². The molecule has 3 heteroatoms. The SMILES string of the molecule is CC(Cc1ccccc1F)NCCO. The molecule has 0 bridgehead atoms. The van der Waals surface area contributed by atoms with Crippen LogP contribution in [-0.2, 0) is 6.42 Å². The van der Waals surface area contributed by atoms with E-state index >= 15 is 0 Å². The minimum absolute atomic E-state index is 0.113. The van der Waals surface area contributed by atoms with Gasteiger partial charge in [-0.2, -0.15) is 0 Å². The summed E-state index contributed by atoms with van der Waals surface area (Å²) in [7, 11) is 0. The lowest BCUT2D eigenvalue weighted by Crippen LogP contribution is -2.30. The van der Waals surface area contributed by atoms with E-state index in [9.17, 15) is 4.39 Å². The Morgan fingerprint density at radius 3 is 2.79 bits per heavy atom. The summed E-state index contributed by atoms with van der Waals surface area (Å²) in [6, 6.07) is 6.95. The standard InChI is InChI=1S/C11H16FNO/c1-9(13-6-7-14)8-10-4-2-3-5-11(10)12/h2-5,9,13-14H,6-8H2,1H3. The van der Waals surface area contributed by atoms with E-state index in [-0.39, 0.29) is 18.5 Å². The quantitative estimate of drug-likeness (QED) is 0.746. The van der Waals surface area contributed by atoms with Gasteiger partial charge in [-0.25, -0.2) is 4.39 Å². The molecule has 1 unspecified atom stereocenters. The number of aliphatic hydroxyl groups excluding tert-OH is 1. The highest BCUT2D eigenvalue weighted by Crippen LogP contribution is 2.08. The molecule has 0 saturated heterocycles. The Hall–Kier alpha value is -0.930. The van der Waals surface area contributed by atoms with E-state index in [1.165, 1.54) is 6.07 Å². The van der Waals surface area contributed by atoms with Gasteiger partial charge in [-0.05, 0) is 25.0 Å². The molecule has 0 aromatic heterocycles. The maximum Gasteiger partial charge on any atom is 0.126 e. The first-order valence-electron chi connectivity index (χ1n) is 4.81. The first-order chi connectivity index (χ1) is 6.74. The van der Waals surface area contributed by atoms with Crippen molar-refractivity contribution >= 4 is 0 Å². The van der Waals surface area contributed by atoms with E-state index in [0.717, 1.165) is 0 Å². The summed E-state index contributed by atoms with van der Waals surface area (Å²) in [5, 5.41) is 11.7. The van der Waals surface area contributed by atoms with Crippen molar-refractivity contribution in [1.29, 1.82) is 0 Å². The van der Waals surface area contributed by atoms with Gasteiger partial charge in [-0.15, -0.1) is 0 Å². The van der Waals surface area contributed by atoms with Crippen LogP contribution in [0.15, 0.2) is 24.3 Å². The fourth-order valence-corrected chi connectivity index (χ4v) is 1.38. The van der Waals surface area contributed by atoms with Crippen molar-refractivity contribution in [2.75, 3.05) is 13.2 Å². The summed E-state index contributed by atoms with van der Waals surface area (Å²) in [6.45, 7) is 2.64. The fourth-order valence-electron chi connectivity index (χ4n) is 1.38. The molecule has 78 valence electrons. The Kier molecular flexibility index (Phi) is 4.56. The Morgan fingerprint density at radius 2 is 2.14 bits per heavy atom. The molecule has 1 atom stereocenters. The maximum absolute atomic E-state index is 13.2. The second-order valence-electron chi connectivity index (χ2n) is 3.37. The van der Waals surface area contributed by atoms with Crippen LogP contribution in [-0.4, -0.2) is 24.3 Å². The predicted octanol–water partition coefficient (Wildman–Crippen LogP) is 1.34. The zero-order valence-corrected chi connectivity index (χ0v) is 8.33. The van der Waals surface area contributed by atoms with Crippen molar-refractivity contribution in [1.82, 2.24) is 5.32 Å². The highest BCUT2D eigenvalue weighted by Gasteiger charge is 2.05. The number of benzene rings is 1. The van der Waals surface area contributed by atoms with Crippen LogP contribution in [0.4, 0.5) is 4.39 Å². The van der Waals surface area contributed by atoms with Crippen LogP contribution in [0.1, 0.15) is 12.5 Å². The lowest BCUT2D eigenvalue weighted by atomic mass is 10.1. The molecular weight excluding hydrogens is 181 g/mol. The topological polar surface area (TPSA) is 32.3 Å². The first-order valence-corrected chi connectivity index (χ1v) is 4.81. The summed E-state index contributed by atoms with van der Waals surface area (Å²) in [5.74, 6) is -0.162. The Bertz CT molecular complexity index is 278. The van der Waals surface area contributed by atoms with Gasteiger partial charge in [0.15, 0.2) is 0 Å². The average molecular weight is 197 g/mol. The molecule has 0 aliphatic heterocycles. The van der Waals surface area contributed by atoms with Gasteiger partial charge in [0.2, 0.25) is 0 Å². The molecule has 2 nitrogen and oxygen atoms in total. The molecule has 1 rings (SSSR count). The van der Waals surface area contributed by atoms with E-state index in [4.69, 9.17) is 5.11 Å². The van der Waals surface area contributed by atoms with Crippen LogP contribution in [0.2, 0.25) is 0 Å². The lowest BCUT2D eigenvalue weighted by Gasteiger charge is -2.13. The first kappa shape index (κ1) is 11.1. The van der Waals surface area contributed by atoms with Gasteiger partial charge < -0.3 is 10.4 Å². The summed E-state index contributed by atoms with van der Waals surface area (Å²) in [6.07, 6.45) is 0.646. The average Bonchev–Trinajstić information content (AvgIpc) is 2.18. The maximum atomic E-state index is 13.2. The molecule has 1 aromatic rings. The highest BCUT2D eigenvalue weighted by atomic mass is 19.1. The minimum atomic E-state index is -0.162. The van der Waals surface area contributed by atoms with Crippen molar-refractivity contribution in [3.8, 4) is 0 Å². The second-order valence-corrected chi connectivity index (χ2v) is 3.37. The van der Waals surface area contributed by atoms with Gasteiger partial charge in [-0.1, -0.05) is 18.2 Å². The number of rotatable bonds is 5. The number of halogens is 1. The summed E-state index contributed by atoms with van der Waals surface area (Å²) < 4.78 is 13.2. The Morgan fingerprint density at radius 1 is 1.43 bits per heavy atom. The smallest absolute Gasteiger partial charge is 0.126 e. The molecule has 0 heterocycles. The van der Waals surface area contributed by atoms with Crippen LogP contribution in [0.3, 0.4) is 0 Å². The number of hydrogen-bond donors (Lipinski definition) is 2. The molecule has 14 heavy (non-hydrogen) atoms. The van der Waals surface area contributed by atoms with E-state index in [2.05, 4.69) is 5.32 Å². The molecule has 2 N–H and O–H groups in total. The van der Waals surface area contributed by atoms with Gasteiger partial charge in [0.25, 0.3) is 0 Å². The van der Waals surface area contributed by atoms with Crippen LogP contribution < -0.4 is 5.32 Å². The van der Waals surface area contributed by atoms with E-state index < -0.39 is 0 Å². The number of hydrogen-bond acceptors (Lipinski definition) is 2. The fraction of sp³-hybridized carbons (Fsp3) is 0.455. The minimum Gasteiger partial charge on any atom is -0.395 e. The number of nitrogens with one attached hydrogen (secondary N) is 1. The molecule has 0 fully saturated rings. The second kappa shape index (κ2) is 5.73. The van der Waals surface area contributed by atoms with Crippen LogP contribution in [0.5, 0.6) is 0 Å². The molecule has 0 saturated carbocycles. The summed E-state index contributed by atoms with van der Waals surface area (Å²) in [4.78, 5) is 0. The van der Waals surface area contributed by atoms with Crippen molar-refractivity contribution in [3.63, 3.8) is 0 Å². The molecule has 0 aliphatic carbocycles.